The van der Waals surface area contributed by atoms with Gasteiger partial charge in [-0.3, -0.25) is 4.79 Å². The average molecular weight is 406 g/mol. The van der Waals surface area contributed by atoms with Gasteiger partial charge in [0, 0.05) is 30.2 Å². The normalized spacial score (nSPS) is 16.9. The minimum absolute atomic E-state index is 0. The van der Waals surface area contributed by atoms with Gasteiger partial charge in [-0.15, -0.1) is 0 Å². The number of anilines is 1. The summed E-state index contributed by atoms with van der Waals surface area (Å²) in [5.41, 5.74) is 3.26. The van der Waals surface area contributed by atoms with E-state index < -0.39 is 12.0 Å². The Morgan fingerprint density at radius 3 is 2.68 bits per heavy atom. The van der Waals surface area contributed by atoms with Crippen LogP contribution in [0.3, 0.4) is 0 Å². The van der Waals surface area contributed by atoms with Gasteiger partial charge in [-0.05, 0) is 19.4 Å². The summed E-state index contributed by atoms with van der Waals surface area (Å²) in [6, 6.07) is 2.39. The van der Waals surface area contributed by atoms with Crippen LogP contribution in [0.4, 0.5) is 5.69 Å². The number of hydrogen-bond acceptors (Lipinski definition) is 6. The SMILES string of the molecule is CCCc1c2c(cc3c(=O)ccoc13)C(=NOC)CC(C(=O)O)N2CC.[NaH].[NaH]. The van der Waals surface area contributed by atoms with Gasteiger partial charge in [-0.1, -0.05) is 18.5 Å². The van der Waals surface area contributed by atoms with E-state index in [1.807, 2.05) is 18.7 Å². The van der Waals surface area contributed by atoms with Crippen LogP contribution in [0.15, 0.2) is 32.8 Å². The molecule has 0 spiro atoms. The zero-order valence-electron chi connectivity index (χ0n) is 15.1. The summed E-state index contributed by atoms with van der Waals surface area (Å²) in [4.78, 5) is 31.0. The van der Waals surface area contributed by atoms with E-state index in [0.717, 1.165) is 23.2 Å². The van der Waals surface area contributed by atoms with Gasteiger partial charge in [0.05, 0.1) is 23.0 Å². The molecule has 142 valence electrons. The number of benzene rings is 1. The number of carboxylic acid groups (broad SMARTS) is 1. The molecule has 0 bridgehead atoms. The van der Waals surface area contributed by atoms with Crippen molar-refractivity contribution in [2.75, 3.05) is 18.6 Å². The molecule has 0 radical (unpaired) electrons. The van der Waals surface area contributed by atoms with Gasteiger partial charge < -0.3 is 19.3 Å². The average Bonchev–Trinajstić information content (AvgIpc) is 2.62. The second-order valence-electron chi connectivity index (χ2n) is 6.23. The summed E-state index contributed by atoms with van der Waals surface area (Å²) in [5, 5.41) is 14.3. The topological polar surface area (TPSA) is 92.3 Å². The first-order valence-electron chi connectivity index (χ1n) is 8.70. The van der Waals surface area contributed by atoms with Crippen LogP contribution in [0.2, 0.25) is 0 Å². The van der Waals surface area contributed by atoms with Gasteiger partial charge in [0.25, 0.3) is 0 Å². The van der Waals surface area contributed by atoms with Crippen LogP contribution in [0.1, 0.15) is 37.8 Å². The van der Waals surface area contributed by atoms with Gasteiger partial charge in [0.1, 0.15) is 18.7 Å². The molecule has 2 aromatic rings. The third-order valence-corrected chi connectivity index (χ3v) is 4.71. The van der Waals surface area contributed by atoms with Crippen molar-refractivity contribution >= 4 is 87.5 Å². The first-order valence-corrected chi connectivity index (χ1v) is 8.70. The third kappa shape index (κ3) is 4.50. The van der Waals surface area contributed by atoms with E-state index in [0.29, 0.717) is 29.6 Å². The van der Waals surface area contributed by atoms with Crippen molar-refractivity contribution < 1.29 is 19.2 Å². The molecule has 2 heterocycles. The molecule has 1 N–H and O–H groups in total. The molecule has 1 atom stereocenters. The molecule has 0 aliphatic carbocycles. The Balaban J connectivity index is 0.00000196. The minimum atomic E-state index is -0.918. The maximum atomic E-state index is 12.4. The molecular weight excluding hydrogens is 382 g/mol. The summed E-state index contributed by atoms with van der Waals surface area (Å²) < 4.78 is 5.68. The molecule has 28 heavy (non-hydrogen) atoms. The monoisotopic (exact) mass is 406 g/mol. The van der Waals surface area contributed by atoms with Crippen LogP contribution in [0, 0.1) is 0 Å². The Morgan fingerprint density at radius 2 is 2.11 bits per heavy atom. The summed E-state index contributed by atoms with van der Waals surface area (Å²) in [6.45, 7) is 4.47. The van der Waals surface area contributed by atoms with Crippen LogP contribution in [-0.2, 0) is 16.1 Å². The molecule has 1 aliphatic rings. The van der Waals surface area contributed by atoms with Crippen LogP contribution in [0.5, 0.6) is 0 Å². The number of aryl methyl sites for hydroxylation is 1. The molecule has 1 aliphatic heterocycles. The summed E-state index contributed by atoms with van der Waals surface area (Å²) in [7, 11) is 1.43. The number of carbonyl (C=O) groups is 1. The molecule has 1 aromatic heterocycles. The fourth-order valence-corrected chi connectivity index (χ4v) is 3.67. The first kappa shape index (κ1) is 25.2. The van der Waals surface area contributed by atoms with Crippen molar-refractivity contribution in [1.82, 2.24) is 0 Å². The van der Waals surface area contributed by atoms with Gasteiger partial charge in [0.2, 0.25) is 0 Å². The number of fused-ring (bicyclic) bond motifs is 2. The maximum absolute atomic E-state index is 12.4. The van der Waals surface area contributed by atoms with E-state index in [1.54, 1.807) is 6.07 Å². The Hall–Kier alpha value is -0.830. The Labute approximate surface area is 207 Å². The molecule has 3 rings (SSSR count). The van der Waals surface area contributed by atoms with Crippen LogP contribution in [0.25, 0.3) is 11.0 Å². The second kappa shape index (κ2) is 10.8. The quantitative estimate of drug-likeness (QED) is 0.597. The molecule has 0 saturated carbocycles. The summed E-state index contributed by atoms with van der Waals surface area (Å²) in [5.74, 6) is -0.918. The predicted molar refractivity (Wildman–Crippen MR) is 113 cm³/mol. The van der Waals surface area contributed by atoms with Crippen molar-refractivity contribution in [3.63, 3.8) is 0 Å². The number of aliphatic carboxylic acids is 1. The molecular formula is C19H24N2Na2O5. The van der Waals surface area contributed by atoms with E-state index in [4.69, 9.17) is 9.25 Å². The molecule has 7 nitrogen and oxygen atoms in total. The van der Waals surface area contributed by atoms with E-state index in [2.05, 4.69) is 5.16 Å². The summed E-state index contributed by atoms with van der Waals surface area (Å²) >= 11 is 0. The van der Waals surface area contributed by atoms with Crippen molar-refractivity contribution in [1.29, 1.82) is 0 Å². The van der Waals surface area contributed by atoms with Crippen LogP contribution < -0.4 is 10.3 Å². The molecule has 0 saturated heterocycles. The zero-order chi connectivity index (χ0) is 18.8. The third-order valence-electron chi connectivity index (χ3n) is 4.71. The van der Waals surface area contributed by atoms with Gasteiger partial charge in [-0.25, -0.2) is 4.79 Å². The van der Waals surface area contributed by atoms with E-state index in [1.165, 1.54) is 19.4 Å². The van der Waals surface area contributed by atoms with Gasteiger partial charge in [0.15, 0.2) is 5.43 Å². The fraction of sp³-hybridized carbons (Fsp3) is 0.421. The Bertz CT molecular complexity index is 942. The first-order chi connectivity index (χ1) is 12.5. The van der Waals surface area contributed by atoms with Crippen LogP contribution in [-0.4, -0.2) is 95.6 Å². The molecule has 0 fully saturated rings. The van der Waals surface area contributed by atoms with Gasteiger partial charge in [-0.2, -0.15) is 0 Å². The van der Waals surface area contributed by atoms with Crippen molar-refractivity contribution in [2.45, 2.75) is 39.2 Å². The second-order valence-corrected chi connectivity index (χ2v) is 6.23. The molecule has 1 unspecified atom stereocenters. The number of rotatable bonds is 5. The Kier molecular flexibility index (Phi) is 9.73. The van der Waals surface area contributed by atoms with Crippen molar-refractivity contribution in [3.8, 4) is 0 Å². The standard InChI is InChI=1S/C19H22N2O5.2Na.2H/c1-4-6-11-17-12(9-13-16(22)7-8-26-18(11)13)14(20-25-3)10-15(19(23)24)21(17)5-2;;;;/h7-9,15H,4-6,10H2,1-3H3,(H,23,24);;;;. The van der Waals surface area contributed by atoms with Gasteiger partial charge >= 0.3 is 65.1 Å². The number of nitrogens with zero attached hydrogens (tertiary/aromatic N) is 2. The van der Waals surface area contributed by atoms with E-state index >= 15 is 0 Å². The number of carboxylic acids is 1. The number of likely N-dealkylation sites (N-methyl/N-ethyl adjacent to an activating group) is 1. The van der Waals surface area contributed by atoms with E-state index in [9.17, 15) is 14.7 Å². The molecule has 9 heteroatoms. The predicted octanol–water partition coefficient (Wildman–Crippen LogP) is 1.48. The van der Waals surface area contributed by atoms with Crippen molar-refractivity contribution in [3.05, 3.63) is 39.7 Å². The number of hydrogen-bond donors (Lipinski definition) is 1. The summed E-state index contributed by atoms with van der Waals surface area (Å²) in [6.07, 6.45) is 3.08. The van der Waals surface area contributed by atoms with Crippen LogP contribution >= 0.6 is 0 Å². The Morgan fingerprint density at radius 1 is 1.39 bits per heavy atom. The van der Waals surface area contributed by atoms with Crippen molar-refractivity contribution in [2.24, 2.45) is 5.16 Å². The molecule has 1 aromatic carbocycles. The fourth-order valence-electron chi connectivity index (χ4n) is 3.67. The molecule has 0 amide bonds. The zero-order valence-corrected chi connectivity index (χ0v) is 15.1. The number of oxime groups is 1. The van der Waals surface area contributed by atoms with E-state index in [-0.39, 0.29) is 71.0 Å².